The van der Waals surface area contributed by atoms with Gasteiger partial charge in [0.15, 0.2) is 23.0 Å². The van der Waals surface area contributed by atoms with Crippen molar-refractivity contribution >= 4 is 0 Å². The number of hydrogen-bond acceptors (Lipinski definition) is 5. The van der Waals surface area contributed by atoms with Gasteiger partial charge in [0.1, 0.15) is 0 Å². The van der Waals surface area contributed by atoms with Crippen LogP contribution in [0.15, 0.2) is 36.4 Å². The molecule has 0 bridgehead atoms. The molecule has 0 N–H and O–H groups in total. The van der Waals surface area contributed by atoms with Gasteiger partial charge in [0, 0.05) is 10.8 Å². The second kappa shape index (κ2) is 9.57. The maximum atomic E-state index is 6.32. The van der Waals surface area contributed by atoms with Gasteiger partial charge < -0.3 is 23.7 Å². The first-order valence-corrected chi connectivity index (χ1v) is 12.7. The molecule has 35 heavy (non-hydrogen) atoms. The monoisotopic (exact) mass is 482 g/mol. The van der Waals surface area contributed by atoms with Gasteiger partial charge in [-0.2, -0.15) is 0 Å². The molecule has 192 valence electrons. The molecular formula is C30H42O5. The lowest BCUT2D eigenvalue weighted by molar-refractivity contribution is -0.172. The van der Waals surface area contributed by atoms with Crippen molar-refractivity contribution in [1.29, 1.82) is 0 Å². The van der Waals surface area contributed by atoms with Crippen molar-refractivity contribution in [2.45, 2.75) is 66.4 Å². The summed E-state index contributed by atoms with van der Waals surface area (Å²) in [6.45, 7) is 15.2. The van der Waals surface area contributed by atoms with E-state index in [-0.39, 0.29) is 16.9 Å². The molecule has 2 aromatic rings. The molecule has 5 nitrogen and oxygen atoms in total. The Morgan fingerprint density at radius 1 is 0.800 bits per heavy atom. The summed E-state index contributed by atoms with van der Waals surface area (Å²) in [5.41, 5.74) is 2.68. The van der Waals surface area contributed by atoms with Gasteiger partial charge in [-0.25, -0.2) is 0 Å². The maximum Gasteiger partial charge on any atom is 0.161 e. The fourth-order valence-electron chi connectivity index (χ4n) is 5.11. The Morgan fingerprint density at radius 3 is 1.74 bits per heavy atom. The number of ether oxygens (including phenoxy) is 5. The molecule has 1 saturated heterocycles. The third-order valence-corrected chi connectivity index (χ3v) is 7.67. The molecule has 0 radical (unpaired) electrons. The molecule has 0 aromatic heterocycles. The number of rotatable bonds is 10. The fourth-order valence-corrected chi connectivity index (χ4v) is 5.11. The summed E-state index contributed by atoms with van der Waals surface area (Å²) in [6.07, 6.45) is 2.56. The summed E-state index contributed by atoms with van der Waals surface area (Å²) >= 11 is 0. The van der Waals surface area contributed by atoms with Crippen molar-refractivity contribution in [3.8, 4) is 23.0 Å². The van der Waals surface area contributed by atoms with E-state index in [9.17, 15) is 0 Å². The highest BCUT2D eigenvalue weighted by atomic mass is 16.5. The molecule has 5 heteroatoms. The van der Waals surface area contributed by atoms with Crippen LogP contribution in [0, 0.1) is 16.2 Å². The second-order valence-electron chi connectivity index (χ2n) is 12.3. The third-order valence-electron chi connectivity index (χ3n) is 7.67. The minimum Gasteiger partial charge on any atom is -0.493 e. The van der Waals surface area contributed by atoms with Gasteiger partial charge in [0.05, 0.1) is 40.1 Å². The van der Waals surface area contributed by atoms with Gasteiger partial charge in [-0.15, -0.1) is 0 Å². The first-order chi connectivity index (χ1) is 16.5. The quantitative estimate of drug-likeness (QED) is 0.359. The van der Waals surface area contributed by atoms with Crippen molar-refractivity contribution in [3.05, 3.63) is 47.5 Å². The highest BCUT2D eigenvalue weighted by Crippen LogP contribution is 2.53. The average molecular weight is 483 g/mol. The van der Waals surface area contributed by atoms with E-state index in [2.05, 4.69) is 59.7 Å². The van der Waals surface area contributed by atoms with Crippen LogP contribution in [-0.4, -0.2) is 34.0 Å². The van der Waals surface area contributed by atoms with E-state index in [0.29, 0.717) is 24.5 Å². The van der Waals surface area contributed by atoms with Crippen molar-refractivity contribution in [2.24, 2.45) is 16.2 Å². The molecule has 2 aliphatic rings. The van der Waals surface area contributed by atoms with Crippen LogP contribution in [0.25, 0.3) is 0 Å². The predicted molar refractivity (Wildman–Crippen MR) is 139 cm³/mol. The Bertz CT molecular complexity index is 958. The average Bonchev–Trinajstić information content (AvgIpc) is 2.80. The van der Waals surface area contributed by atoms with Crippen LogP contribution in [0.3, 0.4) is 0 Å². The van der Waals surface area contributed by atoms with Crippen LogP contribution in [0.5, 0.6) is 23.0 Å². The van der Waals surface area contributed by atoms with Gasteiger partial charge in [0.25, 0.3) is 0 Å². The van der Waals surface area contributed by atoms with E-state index in [1.54, 1.807) is 14.2 Å². The molecule has 0 amide bonds. The van der Waals surface area contributed by atoms with E-state index in [4.69, 9.17) is 23.7 Å². The Morgan fingerprint density at radius 2 is 1.34 bits per heavy atom. The van der Waals surface area contributed by atoms with E-state index < -0.39 is 0 Å². The molecule has 2 unspecified atom stereocenters. The highest BCUT2D eigenvalue weighted by molar-refractivity contribution is 5.45. The first-order valence-electron chi connectivity index (χ1n) is 12.7. The SMILES string of the molecule is COc1ccc(C2CCC2(C)C)cc1OCC(C)(C)COc1cc(C2OCC2(C)C)ccc1OC. The van der Waals surface area contributed by atoms with Gasteiger partial charge in [-0.3, -0.25) is 0 Å². The van der Waals surface area contributed by atoms with Crippen molar-refractivity contribution in [2.75, 3.05) is 34.0 Å². The minimum atomic E-state index is -0.232. The molecule has 1 aliphatic heterocycles. The lowest BCUT2D eigenvalue weighted by Gasteiger charge is -2.45. The highest BCUT2D eigenvalue weighted by Gasteiger charge is 2.41. The Kier molecular flexibility index (Phi) is 7.02. The molecule has 0 spiro atoms. The largest absolute Gasteiger partial charge is 0.493 e. The zero-order valence-corrected chi connectivity index (χ0v) is 22.7. The van der Waals surface area contributed by atoms with E-state index in [1.807, 2.05) is 18.2 Å². The Balaban J connectivity index is 1.43. The summed E-state index contributed by atoms with van der Waals surface area (Å²) in [4.78, 5) is 0. The zero-order valence-electron chi connectivity index (χ0n) is 22.7. The van der Waals surface area contributed by atoms with E-state index >= 15 is 0 Å². The zero-order chi connectivity index (χ0) is 25.4. The smallest absolute Gasteiger partial charge is 0.161 e. The first kappa shape index (κ1) is 25.7. The molecule has 1 heterocycles. The lowest BCUT2D eigenvalue weighted by atomic mass is 9.60. The molecule has 2 aromatic carbocycles. The van der Waals surface area contributed by atoms with Crippen LogP contribution < -0.4 is 18.9 Å². The van der Waals surface area contributed by atoms with E-state index in [1.165, 1.54) is 18.4 Å². The van der Waals surface area contributed by atoms with Gasteiger partial charge in [-0.05, 0) is 59.6 Å². The fraction of sp³-hybridized carbons (Fsp3) is 0.600. The Hall–Kier alpha value is -2.40. The van der Waals surface area contributed by atoms with Crippen LogP contribution in [-0.2, 0) is 4.74 Å². The van der Waals surface area contributed by atoms with Crippen LogP contribution in [0.2, 0.25) is 0 Å². The summed E-state index contributed by atoms with van der Waals surface area (Å²) < 4.78 is 29.6. The topological polar surface area (TPSA) is 46.2 Å². The lowest BCUT2D eigenvalue weighted by Crippen LogP contribution is -2.40. The second-order valence-corrected chi connectivity index (χ2v) is 12.3. The molecular weight excluding hydrogens is 440 g/mol. The van der Waals surface area contributed by atoms with E-state index in [0.717, 1.165) is 35.2 Å². The predicted octanol–water partition coefficient (Wildman–Crippen LogP) is 7.19. The normalized spacial score (nSPS) is 22.5. The summed E-state index contributed by atoms with van der Waals surface area (Å²) in [5.74, 6) is 3.58. The van der Waals surface area contributed by atoms with Crippen molar-refractivity contribution < 1.29 is 23.7 Å². The molecule has 2 fully saturated rings. The van der Waals surface area contributed by atoms with Gasteiger partial charge in [-0.1, -0.05) is 53.7 Å². The van der Waals surface area contributed by atoms with Crippen LogP contribution in [0.1, 0.15) is 77.5 Å². The van der Waals surface area contributed by atoms with Gasteiger partial charge in [0.2, 0.25) is 0 Å². The molecule has 1 saturated carbocycles. The van der Waals surface area contributed by atoms with Crippen LogP contribution >= 0.6 is 0 Å². The standard InChI is InChI=1S/C30H42O5/c1-28(2,17-33-25-15-20(9-11-23(25)31-7)22-13-14-29(22,3)4)18-34-26-16-21(10-12-24(26)32-8)27-30(5,6)19-35-27/h9-12,15-16,22,27H,13-14,17-19H2,1-8H3. The number of benzene rings is 2. The maximum absolute atomic E-state index is 6.32. The van der Waals surface area contributed by atoms with Gasteiger partial charge >= 0.3 is 0 Å². The number of hydrogen-bond donors (Lipinski definition) is 0. The molecule has 1 aliphatic carbocycles. The molecule has 2 atom stereocenters. The van der Waals surface area contributed by atoms with Crippen LogP contribution in [0.4, 0.5) is 0 Å². The summed E-state index contributed by atoms with van der Waals surface area (Å²) in [5, 5.41) is 0. The summed E-state index contributed by atoms with van der Waals surface area (Å²) in [6, 6.07) is 12.4. The summed E-state index contributed by atoms with van der Waals surface area (Å²) in [7, 11) is 3.36. The molecule has 4 rings (SSSR count). The van der Waals surface area contributed by atoms with Crippen molar-refractivity contribution in [3.63, 3.8) is 0 Å². The number of methoxy groups -OCH3 is 2. The Labute approximate surface area is 211 Å². The van der Waals surface area contributed by atoms with Crippen molar-refractivity contribution in [1.82, 2.24) is 0 Å². The third kappa shape index (κ3) is 5.40. The minimum absolute atomic E-state index is 0.0764.